The molecule has 0 spiro atoms. The number of rotatable bonds is 8. The van der Waals surface area contributed by atoms with Crippen molar-refractivity contribution in [3.8, 4) is 0 Å². The zero-order chi connectivity index (χ0) is 19.2. The summed E-state index contributed by atoms with van der Waals surface area (Å²) >= 11 is 0. The van der Waals surface area contributed by atoms with Crippen molar-refractivity contribution >= 4 is 34.0 Å². The Balaban J connectivity index is 0.00000364. The van der Waals surface area contributed by atoms with Gasteiger partial charge in [-0.15, -0.1) is 12.4 Å². The third-order valence-electron chi connectivity index (χ3n) is 3.65. The molecule has 0 fully saturated rings. The maximum atomic E-state index is 13.7. The Morgan fingerprint density at radius 1 is 1.15 bits per heavy atom. The minimum Gasteiger partial charge on any atom is -0.350 e. The molecule has 1 atom stereocenters. The van der Waals surface area contributed by atoms with Gasteiger partial charge in [-0.25, -0.2) is 12.8 Å². The maximum Gasteiger partial charge on any atom is 0.262 e. The second-order valence-corrected chi connectivity index (χ2v) is 7.46. The number of carbonyl (C=O) groups excluding carboxylic acids is 1. The first kappa shape index (κ1) is 22.9. The zero-order valence-electron chi connectivity index (χ0n) is 15.0. The molecule has 0 aromatic heterocycles. The molecule has 0 aliphatic carbocycles. The van der Waals surface area contributed by atoms with Gasteiger partial charge in [-0.05, 0) is 43.8 Å². The number of halogens is 2. The van der Waals surface area contributed by atoms with E-state index in [-0.39, 0.29) is 40.5 Å². The molecule has 0 aliphatic rings. The topological polar surface area (TPSA) is 87.3 Å². The van der Waals surface area contributed by atoms with Crippen LogP contribution in [-0.4, -0.2) is 33.5 Å². The predicted octanol–water partition coefficient (Wildman–Crippen LogP) is 2.78. The SMILES string of the molecule is CCN[C@H](C)CNC(=O)c1cccc(S(=O)(=O)Nc2ccccc2F)c1.Cl. The average molecular weight is 416 g/mol. The highest BCUT2D eigenvalue weighted by Gasteiger charge is 2.18. The lowest BCUT2D eigenvalue weighted by atomic mass is 10.2. The summed E-state index contributed by atoms with van der Waals surface area (Å²) in [5.41, 5.74) is 0.0620. The van der Waals surface area contributed by atoms with Crippen molar-refractivity contribution in [3.05, 3.63) is 59.9 Å². The largest absolute Gasteiger partial charge is 0.350 e. The van der Waals surface area contributed by atoms with Gasteiger partial charge < -0.3 is 10.6 Å². The smallest absolute Gasteiger partial charge is 0.262 e. The molecule has 0 heterocycles. The second kappa shape index (κ2) is 10.2. The van der Waals surface area contributed by atoms with Crippen molar-refractivity contribution in [2.24, 2.45) is 0 Å². The van der Waals surface area contributed by atoms with Gasteiger partial charge in [0.2, 0.25) is 0 Å². The minimum absolute atomic E-state index is 0. The summed E-state index contributed by atoms with van der Waals surface area (Å²) in [7, 11) is -4.01. The van der Waals surface area contributed by atoms with Crippen molar-refractivity contribution in [1.29, 1.82) is 0 Å². The zero-order valence-corrected chi connectivity index (χ0v) is 16.7. The second-order valence-electron chi connectivity index (χ2n) is 5.78. The lowest BCUT2D eigenvalue weighted by molar-refractivity contribution is 0.0950. The number of hydrogen-bond donors (Lipinski definition) is 3. The van der Waals surface area contributed by atoms with Crippen molar-refractivity contribution < 1.29 is 17.6 Å². The van der Waals surface area contributed by atoms with Crippen LogP contribution in [0.15, 0.2) is 53.4 Å². The Hall–Kier alpha value is -2.16. The molecule has 0 radical (unpaired) electrons. The van der Waals surface area contributed by atoms with Crippen LogP contribution in [0.25, 0.3) is 0 Å². The van der Waals surface area contributed by atoms with E-state index in [0.717, 1.165) is 12.6 Å². The van der Waals surface area contributed by atoms with E-state index in [1.165, 1.54) is 42.5 Å². The van der Waals surface area contributed by atoms with Crippen LogP contribution < -0.4 is 15.4 Å². The highest BCUT2D eigenvalue weighted by Crippen LogP contribution is 2.19. The molecule has 0 unspecified atom stereocenters. The number of amides is 1. The van der Waals surface area contributed by atoms with E-state index in [2.05, 4.69) is 15.4 Å². The van der Waals surface area contributed by atoms with Gasteiger partial charge in [0.05, 0.1) is 10.6 Å². The van der Waals surface area contributed by atoms with Gasteiger partial charge in [-0.3, -0.25) is 9.52 Å². The first-order valence-corrected chi connectivity index (χ1v) is 9.71. The highest BCUT2D eigenvalue weighted by molar-refractivity contribution is 7.92. The molecular weight excluding hydrogens is 393 g/mol. The van der Waals surface area contributed by atoms with Gasteiger partial charge in [0.1, 0.15) is 5.82 Å². The molecule has 0 saturated heterocycles. The van der Waals surface area contributed by atoms with Crippen molar-refractivity contribution in [2.45, 2.75) is 24.8 Å². The molecule has 9 heteroatoms. The van der Waals surface area contributed by atoms with Crippen molar-refractivity contribution in [1.82, 2.24) is 10.6 Å². The monoisotopic (exact) mass is 415 g/mol. The summed E-state index contributed by atoms with van der Waals surface area (Å²) in [4.78, 5) is 12.1. The number of benzene rings is 2. The number of hydrogen-bond acceptors (Lipinski definition) is 4. The molecule has 0 aliphatic heterocycles. The predicted molar refractivity (Wildman–Crippen MR) is 106 cm³/mol. The van der Waals surface area contributed by atoms with E-state index >= 15 is 0 Å². The molecule has 6 nitrogen and oxygen atoms in total. The number of anilines is 1. The Bertz CT molecular complexity index is 878. The van der Waals surface area contributed by atoms with Gasteiger partial charge in [0.25, 0.3) is 15.9 Å². The Morgan fingerprint density at radius 3 is 2.52 bits per heavy atom. The summed E-state index contributed by atoms with van der Waals surface area (Å²) in [6, 6.07) is 11.2. The van der Waals surface area contributed by atoms with E-state index in [0.29, 0.717) is 6.54 Å². The molecule has 0 bridgehead atoms. The fraction of sp³-hybridized carbons (Fsp3) is 0.278. The van der Waals surface area contributed by atoms with Crippen molar-refractivity contribution in [3.63, 3.8) is 0 Å². The molecule has 2 aromatic rings. The molecule has 2 rings (SSSR count). The first-order chi connectivity index (χ1) is 12.3. The third kappa shape index (κ3) is 6.50. The lowest BCUT2D eigenvalue weighted by Gasteiger charge is -2.14. The molecule has 27 heavy (non-hydrogen) atoms. The van der Waals surface area contributed by atoms with Gasteiger partial charge in [0, 0.05) is 18.2 Å². The maximum absolute atomic E-state index is 13.7. The third-order valence-corrected chi connectivity index (χ3v) is 5.01. The van der Waals surface area contributed by atoms with Crippen LogP contribution in [0, 0.1) is 5.82 Å². The summed E-state index contributed by atoms with van der Waals surface area (Å²) in [6.07, 6.45) is 0. The molecular formula is C18H23ClFN3O3S. The summed E-state index contributed by atoms with van der Waals surface area (Å²) < 4.78 is 40.8. The molecule has 1 amide bonds. The highest BCUT2D eigenvalue weighted by atomic mass is 35.5. The Labute approximate surface area is 165 Å². The van der Waals surface area contributed by atoms with E-state index < -0.39 is 15.8 Å². The van der Waals surface area contributed by atoms with Crippen LogP contribution in [0.5, 0.6) is 0 Å². The number of para-hydroxylation sites is 1. The summed E-state index contributed by atoms with van der Waals surface area (Å²) in [5, 5.41) is 5.91. The lowest BCUT2D eigenvalue weighted by Crippen LogP contribution is -2.38. The van der Waals surface area contributed by atoms with Crippen LogP contribution in [0.3, 0.4) is 0 Å². The molecule has 2 aromatic carbocycles. The number of nitrogens with one attached hydrogen (secondary N) is 3. The van der Waals surface area contributed by atoms with Crippen LogP contribution in [0.2, 0.25) is 0 Å². The van der Waals surface area contributed by atoms with Gasteiger partial charge in [-0.1, -0.05) is 25.1 Å². The molecule has 3 N–H and O–H groups in total. The van der Waals surface area contributed by atoms with Gasteiger partial charge in [0.15, 0.2) is 0 Å². The average Bonchev–Trinajstić information content (AvgIpc) is 2.62. The first-order valence-electron chi connectivity index (χ1n) is 8.22. The summed E-state index contributed by atoms with van der Waals surface area (Å²) in [5.74, 6) is -1.06. The van der Waals surface area contributed by atoms with Crippen LogP contribution >= 0.6 is 12.4 Å². The van der Waals surface area contributed by atoms with Crippen LogP contribution in [-0.2, 0) is 10.0 Å². The van der Waals surface area contributed by atoms with E-state index in [4.69, 9.17) is 0 Å². The molecule has 148 valence electrons. The number of sulfonamides is 1. The van der Waals surface area contributed by atoms with Crippen LogP contribution in [0.4, 0.5) is 10.1 Å². The summed E-state index contributed by atoms with van der Waals surface area (Å²) in [6.45, 7) is 5.10. The van der Waals surface area contributed by atoms with E-state index in [1.807, 2.05) is 13.8 Å². The Kier molecular flexibility index (Phi) is 8.68. The van der Waals surface area contributed by atoms with Gasteiger partial charge >= 0.3 is 0 Å². The normalized spacial score (nSPS) is 12.0. The Morgan fingerprint density at radius 2 is 1.85 bits per heavy atom. The minimum atomic E-state index is -4.01. The van der Waals surface area contributed by atoms with Gasteiger partial charge in [-0.2, -0.15) is 0 Å². The fourth-order valence-corrected chi connectivity index (χ4v) is 3.43. The van der Waals surface area contributed by atoms with Crippen molar-refractivity contribution in [2.75, 3.05) is 17.8 Å². The van der Waals surface area contributed by atoms with Crippen LogP contribution in [0.1, 0.15) is 24.2 Å². The standard InChI is InChI=1S/C18H22FN3O3S.ClH/c1-3-20-13(2)12-21-18(23)14-7-6-8-15(11-14)26(24,25)22-17-10-5-4-9-16(17)19;/h4-11,13,20,22H,3,12H2,1-2H3,(H,21,23);1H/t13-;/m1./s1. The number of carbonyl (C=O) groups is 1. The van der Waals surface area contributed by atoms with E-state index in [9.17, 15) is 17.6 Å². The fourth-order valence-electron chi connectivity index (χ4n) is 2.32. The molecule has 0 saturated carbocycles. The van der Waals surface area contributed by atoms with E-state index in [1.54, 1.807) is 0 Å². The quantitative estimate of drug-likeness (QED) is 0.618. The number of likely N-dealkylation sites (N-methyl/N-ethyl adjacent to an activating group) is 1.